The molecule has 0 aliphatic heterocycles. The zero-order valence-corrected chi connectivity index (χ0v) is 9.77. The minimum Gasteiger partial charge on any atom is -0.330 e. The van der Waals surface area contributed by atoms with Gasteiger partial charge >= 0.3 is 0 Å². The van der Waals surface area contributed by atoms with Crippen molar-refractivity contribution in [2.24, 2.45) is 5.73 Å². The summed E-state index contributed by atoms with van der Waals surface area (Å²) >= 11 is 6.10. The molecule has 1 aromatic heterocycles. The number of aryl methyl sites for hydroxylation is 1. The highest BCUT2D eigenvalue weighted by Gasteiger charge is 2.06. The van der Waals surface area contributed by atoms with Gasteiger partial charge in [0.1, 0.15) is 0 Å². The molecule has 0 spiro atoms. The molecule has 0 fully saturated rings. The SMILES string of the molecule is Cc1ccc(Cl)c2cc(CCN)c(=O)[nH]c12. The van der Waals surface area contributed by atoms with E-state index in [9.17, 15) is 4.79 Å². The Kier molecular flexibility index (Phi) is 2.99. The molecule has 0 amide bonds. The van der Waals surface area contributed by atoms with Gasteiger partial charge in [0.05, 0.1) is 5.52 Å². The number of nitrogens with two attached hydrogens (primary N) is 1. The smallest absolute Gasteiger partial charge is 0.251 e. The van der Waals surface area contributed by atoms with Crippen LogP contribution in [0.3, 0.4) is 0 Å². The third-order valence-corrected chi connectivity index (χ3v) is 2.99. The summed E-state index contributed by atoms with van der Waals surface area (Å²) in [5.41, 5.74) is 7.87. The minimum absolute atomic E-state index is 0.0803. The predicted molar refractivity (Wildman–Crippen MR) is 67.1 cm³/mol. The molecule has 0 aliphatic rings. The van der Waals surface area contributed by atoms with E-state index in [1.165, 1.54) is 0 Å². The van der Waals surface area contributed by atoms with Crippen LogP contribution in [0.15, 0.2) is 23.0 Å². The van der Waals surface area contributed by atoms with Gasteiger partial charge in [-0.1, -0.05) is 17.7 Å². The number of rotatable bonds is 2. The molecule has 0 saturated carbocycles. The van der Waals surface area contributed by atoms with Crippen LogP contribution in [0.2, 0.25) is 5.02 Å². The first kappa shape index (κ1) is 11.2. The van der Waals surface area contributed by atoms with E-state index in [1.54, 1.807) is 0 Å². The van der Waals surface area contributed by atoms with Crippen LogP contribution in [-0.2, 0) is 6.42 Å². The molecule has 0 atom stereocenters. The van der Waals surface area contributed by atoms with Gasteiger partial charge in [-0.2, -0.15) is 0 Å². The molecule has 1 heterocycles. The molecule has 0 radical (unpaired) electrons. The van der Waals surface area contributed by atoms with E-state index in [4.69, 9.17) is 17.3 Å². The summed E-state index contributed by atoms with van der Waals surface area (Å²) in [5.74, 6) is 0. The Labute approximate surface area is 98.2 Å². The van der Waals surface area contributed by atoms with E-state index in [0.29, 0.717) is 23.6 Å². The number of H-pyrrole nitrogens is 1. The average molecular weight is 237 g/mol. The third-order valence-electron chi connectivity index (χ3n) is 2.66. The molecule has 0 unspecified atom stereocenters. The van der Waals surface area contributed by atoms with Crippen LogP contribution in [0.1, 0.15) is 11.1 Å². The van der Waals surface area contributed by atoms with Gasteiger partial charge in [0, 0.05) is 16.0 Å². The van der Waals surface area contributed by atoms with Crippen molar-refractivity contribution in [1.29, 1.82) is 0 Å². The van der Waals surface area contributed by atoms with Gasteiger partial charge in [-0.05, 0) is 37.6 Å². The van der Waals surface area contributed by atoms with Gasteiger partial charge in [-0.15, -0.1) is 0 Å². The maximum Gasteiger partial charge on any atom is 0.251 e. The van der Waals surface area contributed by atoms with E-state index in [0.717, 1.165) is 16.5 Å². The summed E-state index contributed by atoms with van der Waals surface area (Å²) in [7, 11) is 0. The highest BCUT2D eigenvalue weighted by molar-refractivity contribution is 6.35. The fraction of sp³-hybridized carbons (Fsp3) is 0.250. The van der Waals surface area contributed by atoms with E-state index >= 15 is 0 Å². The molecule has 2 aromatic rings. The van der Waals surface area contributed by atoms with Crippen molar-refractivity contribution in [1.82, 2.24) is 4.98 Å². The fourth-order valence-corrected chi connectivity index (χ4v) is 2.00. The van der Waals surface area contributed by atoms with Gasteiger partial charge in [-0.3, -0.25) is 4.79 Å². The second-order valence-corrected chi connectivity index (χ2v) is 4.22. The van der Waals surface area contributed by atoms with E-state index in [1.807, 2.05) is 25.1 Å². The minimum atomic E-state index is -0.0803. The summed E-state index contributed by atoms with van der Waals surface area (Å²) in [5, 5.41) is 1.53. The number of halogens is 1. The second-order valence-electron chi connectivity index (χ2n) is 3.82. The van der Waals surface area contributed by atoms with Gasteiger partial charge in [-0.25, -0.2) is 0 Å². The lowest BCUT2D eigenvalue weighted by atomic mass is 10.1. The van der Waals surface area contributed by atoms with Crippen LogP contribution in [0.4, 0.5) is 0 Å². The fourth-order valence-electron chi connectivity index (χ4n) is 1.78. The highest BCUT2D eigenvalue weighted by atomic mass is 35.5. The summed E-state index contributed by atoms with van der Waals surface area (Å²) in [6, 6.07) is 5.56. The zero-order valence-electron chi connectivity index (χ0n) is 9.01. The van der Waals surface area contributed by atoms with E-state index in [-0.39, 0.29) is 5.56 Å². The average Bonchev–Trinajstić information content (AvgIpc) is 2.26. The Morgan fingerprint density at radius 2 is 2.19 bits per heavy atom. The molecule has 2 rings (SSSR count). The van der Waals surface area contributed by atoms with Crippen LogP contribution in [0.25, 0.3) is 10.9 Å². The van der Waals surface area contributed by atoms with Crippen molar-refractivity contribution in [2.75, 3.05) is 6.54 Å². The first-order valence-electron chi connectivity index (χ1n) is 5.14. The molecule has 4 heteroatoms. The normalized spacial score (nSPS) is 10.9. The number of aromatic nitrogens is 1. The van der Waals surface area contributed by atoms with Crippen molar-refractivity contribution < 1.29 is 0 Å². The Balaban J connectivity index is 2.79. The molecule has 84 valence electrons. The number of pyridine rings is 1. The molecule has 16 heavy (non-hydrogen) atoms. The third kappa shape index (κ3) is 1.84. The second kappa shape index (κ2) is 4.28. The lowest BCUT2D eigenvalue weighted by molar-refractivity contribution is 0.948. The number of benzene rings is 1. The number of nitrogens with one attached hydrogen (secondary N) is 1. The Hall–Kier alpha value is -1.32. The number of aromatic amines is 1. The van der Waals surface area contributed by atoms with Crippen LogP contribution >= 0.6 is 11.6 Å². The molecular formula is C12H13ClN2O. The Morgan fingerprint density at radius 3 is 2.88 bits per heavy atom. The van der Waals surface area contributed by atoms with Gasteiger partial charge < -0.3 is 10.7 Å². The molecule has 0 aliphatic carbocycles. The Bertz CT molecular complexity index is 589. The van der Waals surface area contributed by atoms with Crippen molar-refractivity contribution in [3.63, 3.8) is 0 Å². The quantitative estimate of drug-likeness (QED) is 0.838. The van der Waals surface area contributed by atoms with Gasteiger partial charge in [0.2, 0.25) is 0 Å². The maximum atomic E-state index is 11.7. The maximum absolute atomic E-state index is 11.7. The molecule has 3 N–H and O–H groups in total. The highest BCUT2D eigenvalue weighted by Crippen LogP contribution is 2.24. The first-order valence-corrected chi connectivity index (χ1v) is 5.52. The van der Waals surface area contributed by atoms with Crippen LogP contribution < -0.4 is 11.3 Å². The summed E-state index contributed by atoms with van der Waals surface area (Å²) in [4.78, 5) is 14.6. The van der Waals surface area contributed by atoms with Gasteiger partial charge in [0.25, 0.3) is 5.56 Å². The summed E-state index contributed by atoms with van der Waals surface area (Å²) in [6.07, 6.45) is 0.565. The van der Waals surface area contributed by atoms with Crippen molar-refractivity contribution >= 4 is 22.5 Å². The van der Waals surface area contributed by atoms with E-state index < -0.39 is 0 Å². The zero-order chi connectivity index (χ0) is 11.7. The van der Waals surface area contributed by atoms with Crippen molar-refractivity contribution in [3.05, 3.63) is 44.7 Å². The lowest BCUT2D eigenvalue weighted by Crippen LogP contribution is -2.16. The molecule has 3 nitrogen and oxygen atoms in total. The number of hydrogen-bond acceptors (Lipinski definition) is 2. The molecular weight excluding hydrogens is 224 g/mol. The number of fused-ring (bicyclic) bond motifs is 1. The standard InChI is InChI=1S/C12H13ClN2O/c1-7-2-3-10(13)9-6-8(4-5-14)12(16)15-11(7)9/h2-3,6H,4-5,14H2,1H3,(H,15,16). The molecule has 0 bridgehead atoms. The largest absolute Gasteiger partial charge is 0.330 e. The van der Waals surface area contributed by atoms with Crippen LogP contribution in [0, 0.1) is 6.92 Å². The molecule has 1 aromatic carbocycles. The molecule has 0 saturated heterocycles. The Morgan fingerprint density at radius 1 is 1.44 bits per heavy atom. The first-order chi connectivity index (χ1) is 7.63. The monoisotopic (exact) mass is 236 g/mol. The number of hydrogen-bond donors (Lipinski definition) is 2. The predicted octanol–water partition coefficient (Wildman–Crippen LogP) is 1.99. The lowest BCUT2D eigenvalue weighted by Gasteiger charge is -2.06. The van der Waals surface area contributed by atoms with Crippen molar-refractivity contribution in [2.45, 2.75) is 13.3 Å². The van der Waals surface area contributed by atoms with E-state index in [2.05, 4.69) is 4.98 Å². The topological polar surface area (TPSA) is 58.9 Å². The summed E-state index contributed by atoms with van der Waals surface area (Å²) in [6.45, 7) is 2.40. The van der Waals surface area contributed by atoms with Gasteiger partial charge in [0.15, 0.2) is 0 Å². The summed E-state index contributed by atoms with van der Waals surface area (Å²) < 4.78 is 0. The van der Waals surface area contributed by atoms with Crippen LogP contribution in [-0.4, -0.2) is 11.5 Å². The van der Waals surface area contributed by atoms with Crippen LogP contribution in [0.5, 0.6) is 0 Å². The van der Waals surface area contributed by atoms with Crippen molar-refractivity contribution in [3.8, 4) is 0 Å².